The number of amides is 1. The van der Waals surface area contributed by atoms with E-state index in [2.05, 4.69) is 21.9 Å². The van der Waals surface area contributed by atoms with Gasteiger partial charge in [-0.1, -0.05) is 36.9 Å². The van der Waals surface area contributed by atoms with E-state index in [1.165, 1.54) is 6.21 Å². The molecule has 0 bridgehead atoms. The van der Waals surface area contributed by atoms with Gasteiger partial charge in [0.15, 0.2) is 0 Å². The van der Waals surface area contributed by atoms with Crippen molar-refractivity contribution in [3.8, 4) is 5.75 Å². The van der Waals surface area contributed by atoms with Crippen LogP contribution in [0, 0.1) is 0 Å². The molecule has 114 valence electrons. The molecule has 0 saturated heterocycles. The Morgan fingerprint density at radius 1 is 1.26 bits per heavy atom. The number of carbonyl (C=O) groups is 1. The Labute approximate surface area is 137 Å². The van der Waals surface area contributed by atoms with Crippen molar-refractivity contribution in [2.75, 3.05) is 7.11 Å². The van der Waals surface area contributed by atoms with Gasteiger partial charge < -0.3 is 4.74 Å². The first-order valence-electron chi connectivity index (χ1n) is 6.70. The van der Waals surface area contributed by atoms with E-state index in [1.54, 1.807) is 7.11 Å². The molecule has 3 rings (SSSR count). The molecule has 0 N–H and O–H groups in total. The molecule has 0 fully saturated rings. The summed E-state index contributed by atoms with van der Waals surface area (Å²) in [6, 6.07) is 11.6. The molecular weight excluding hydrogens is 312 g/mol. The number of rotatable bonds is 3. The Kier molecular flexibility index (Phi) is 3.94. The van der Waals surface area contributed by atoms with Crippen LogP contribution in [-0.4, -0.2) is 29.4 Å². The standard InChI is InChI=1S/C16H12N4O2S/c1-10-15(21)20(16(23)19-18-10)17-9-13-12-6-4-3-5-11(12)7-8-14(13)22-2/h3-9H,1H2,2H3/b17-9+. The first kappa shape index (κ1) is 15.0. The van der Waals surface area contributed by atoms with Gasteiger partial charge in [-0.05, 0) is 29.1 Å². The first-order valence-corrected chi connectivity index (χ1v) is 7.11. The highest BCUT2D eigenvalue weighted by Gasteiger charge is 2.24. The number of methoxy groups -OCH3 is 1. The second kappa shape index (κ2) is 6.05. The largest absolute Gasteiger partial charge is 0.496 e. The van der Waals surface area contributed by atoms with E-state index in [4.69, 9.17) is 17.0 Å². The normalized spacial score (nSPS) is 15.0. The predicted octanol–water partition coefficient (Wildman–Crippen LogP) is 3.28. The summed E-state index contributed by atoms with van der Waals surface area (Å²) in [6.45, 7) is 3.51. The van der Waals surface area contributed by atoms with Crippen LogP contribution in [-0.2, 0) is 4.79 Å². The van der Waals surface area contributed by atoms with Crippen LogP contribution in [0.15, 0.2) is 64.0 Å². The average Bonchev–Trinajstić information content (AvgIpc) is 2.58. The van der Waals surface area contributed by atoms with Gasteiger partial charge >= 0.3 is 5.91 Å². The highest BCUT2D eigenvalue weighted by atomic mass is 32.1. The van der Waals surface area contributed by atoms with Crippen LogP contribution in [0.3, 0.4) is 0 Å². The number of nitrogens with zero attached hydrogens (tertiary/aromatic N) is 4. The van der Waals surface area contributed by atoms with Gasteiger partial charge in [0.25, 0.3) is 0 Å². The highest BCUT2D eigenvalue weighted by Crippen LogP contribution is 2.26. The van der Waals surface area contributed by atoms with Crippen molar-refractivity contribution in [3.05, 3.63) is 54.2 Å². The predicted molar refractivity (Wildman–Crippen MR) is 91.5 cm³/mol. The molecule has 0 spiro atoms. The zero-order valence-corrected chi connectivity index (χ0v) is 13.1. The third kappa shape index (κ3) is 2.74. The summed E-state index contributed by atoms with van der Waals surface area (Å²) in [6.07, 6.45) is 1.53. The van der Waals surface area contributed by atoms with E-state index in [0.29, 0.717) is 5.75 Å². The Hall–Kier alpha value is -2.93. The minimum absolute atomic E-state index is 0.0133. The van der Waals surface area contributed by atoms with Crippen LogP contribution in [0.5, 0.6) is 5.75 Å². The fourth-order valence-corrected chi connectivity index (χ4v) is 2.37. The Bertz CT molecular complexity index is 889. The van der Waals surface area contributed by atoms with Gasteiger partial charge in [0, 0.05) is 5.56 Å². The lowest BCUT2D eigenvalue weighted by atomic mass is 10.0. The van der Waals surface area contributed by atoms with Crippen molar-refractivity contribution in [2.45, 2.75) is 0 Å². The molecule has 1 amide bonds. The van der Waals surface area contributed by atoms with Gasteiger partial charge in [-0.25, -0.2) is 0 Å². The number of ether oxygens (including phenoxy) is 1. The molecule has 0 unspecified atom stereocenters. The molecule has 0 aromatic heterocycles. The Balaban J connectivity index is 2.07. The third-order valence-corrected chi connectivity index (χ3v) is 3.58. The zero-order valence-electron chi connectivity index (χ0n) is 12.3. The van der Waals surface area contributed by atoms with E-state index >= 15 is 0 Å². The van der Waals surface area contributed by atoms with Crippen molar-refractivity contribution in [1.82, 2.24) is 5.01 Å². The lowest BCUT2D eigenvalue weighted by molar-refractivity contribution is -0.123. The Morgan fingerprint density at radius 2 is 2.04 bits per heavy atom. The van der Waals surface area contributed by atoms with Crippen LogP contribution in [0.25, 0.3) is 10.8 Å². The van der Waals surface area contributed by atoms with Crippen LogP contribution in [0.1, 0.15) is 5.56 Å². The molecule has 0 saturated carbocycles. The minimum Gasteiger partial charge on any atom is -0.496 e. The van der Waals surface area contributed by atoms with Crippen LogP contribution in [0.4, 0.5) is 0 Å². The lowest BCUT2D eigenvalue weighted by Crippen LogP contribution is -2.33. The summed E-state index contributed by atoms with van der Waals surface area (Å²) in [5, 5.41) is 14.4. The molecule has 1 aliphatic heterocycles. The van der Waals surface area contributed by atoms with Gasteiger partial charge in [-0.2, -0.15) is 10.1 Å². The van der Waals surface area contributed by atoms with Crippen molar-refractivity contribution >= 4 is 40.2 Å². The number of hydrogen-bond donors (Lipinski definition) is 0. The van der Waals surface area contributed by atoms with Crippen molar-refractivity contribution in [1.29, 1.82) is 0 Å². The van der Waals surface area contributed by atoms with E-state index in [-0.39, 0.29) is 10.8 Å². The monoisotopic (exact) mass is 324 g/mol. The third-order valence-electron chi connectivity index (χ3n) is 3.33. The van der Waals surface area contributed by atoms with Crippen molar-refractivity contribution in [2.24, 2.45) is 15.3 Å². The maximum atomic E-state index is 12.0. The molecule has 1 heterocycles. The summed E-state index contributed by atoms with van der Waals surface area (Å²) >= 11 is 4.99. The molecule has 7 heteroatoms. The number of benzene rings is 2. The summed E-state index contributed by atoms with van der Waals surface area (Å²) in [7, 11) is 1.58. The lowest BCUT2D eigenvalue weighted by Gasteiger charge is -2.17. The topological polar surface area (TPSA) is 66.6 Å². The second-order valence-corrected chi connectivity index (χ2v) is 5.06. The molecule has 2 aromatic rings. The summed E-state index contributed by atoms with van der Waals surface area (Å²) in [5.74, 6) is 0.142. The fraction of sp³-hybridized carbons (Fsp3) is 0.0625. The molecule has 1 aliphatic rings. The maximum absolute atomic E-state index is 12.0. The zero-order chi connectivity index (χ0) is 16.4. The number of carbonyl (C=O) groups excluding carboxylic acids is 1. The van der Waals surface area contributed by atoms with E-state index in [1.807, 2.05) is 36.4 Å². The molecule has 6 nitrogen and oxygen atoms in total. The average molecular weight is 324 g/mol. The van der Waals surface area contributed by atoms with E-state index in [0.717, 1.165) is 21.3 Å². The smallest absolute Gasteiger partial charge is 0.300 e. The van der Waals surface area contributed by atoms with Gasteiger partial charge in [0.2, 0.25) is 5.11 Å². The number of hydrazone groups is 1. The number of azo groups is 1. The fourth-order valence-electron chi connectivity index (χ4n) is 2.20. The second-order valence-electron chi connectivity index (χ2n) is 4.69. The van der Waals surface area contributed by atoms with Crippen molar-refractivity contribution < 1.29 is 9.53 Å². The molecule has 23 heavy (non-hydrogen) atoms. The number of fused-ring (bicyclic) bond motifs is 1. The molecule has 0 aliphatic carbocycles. The summed E-state index contributed by atoms with van der Waals surface area (Å²) in [4.78, 5) is 12.0. The van der Waals surface area contributed by atoms with Crippen LogP contribution < -0.4 is 4.74 Å². The Morgan fingerprint density at radius 3 is 2.83 bits per heavy atom. The van der Waals surface area contributed by atoms with E-state index < -0.39 is 5.91 Å². The number of hydrogen-bond acceptors (Lipinski definition) is 5. The van der Waals surface area contributed by atoms with Crippen LogP contribution >= 0.6 is 12.2 Å². The number of thiocarbonyl (C=S) groups is 1. The molecule has 0 atom stereocenters. The van der Waals surface area contributed by atoms with Crippen molar-refractivity contribution in [3.63, 3.8) is 0 Å². The quantitative estimate of drug-likeness (QED) is 0.494. The summed E-state index contributed by atoms with van der Waals surface area (Å²) < 4.78 is 5.38. The first-order chi connectivity index (χ1) is 11.1. The molecule has 0 radical (unpaired) electrons. The molecule has 2 aromatic carbocycles. The maximum Gasteiger partial charge on any atom is 0.300 e. The summed E-state index contributed by atoms with van der Waals surface area (Å²) in [5.41, 5.74) is 0.731. The van der Waals surface area contributed by atoms with E-state index in [9.17, 15) is 4.79 Å². The van der Waals surface area contributed by atoms with Crippen LogP contribution in [0.2, 0.25) is 0 Å². The molecular formula is C16H12N4O2S. The van der Waals surface area contributed by atoms with Gasteiger partial charge in [0.05, 0.1) is 13.3 Å². The minimum atomic E-state index is -0.500. The SMILES string of the molecule is C=C1N=NC(=S)N(/N=C/c2c(OC)ccc3ccccc23)C1=O. The van der Waals surface area contributed by atoms with Gasteiger partial charge in [-0.3, -0.25) is 4.79 Å². The van der Waals surface area contributed by atoms with Gasteiger partial charge in [-0.15, -0.1) is 10.2 Å². The highest BCUT2D eigenvalue weighted by molar-refractivity contribution is 7.80. The van der Waals surface area contributed by atoms with Gasteiger partial charge in [0.1, 0.15) is 11.4 Å².